The zero-order valence-corrected chi connectivity index (χ0v) is 22.0. The highest BCUT2D eigenvalue weighted by molar-refractivity contribution is 6.00. The van der Waals surface area contributed by atoms with Crippen LogP contribution < -0.4 is 10.2 Å². The number of carbonyl (C=O) groups is 1. The van der Waals surface area contributed by atoms with Gasteiger partial charge in [0.1, 0.15) is 11.5 Å². The number of aromatic nitrogens is 5. The molecule has 1 aromatic carbocycles. The number of nitrogens with one attached hydrogen (secondary N) is 3. The maximum absolute atomic E-state index is 12.3. The second-order valence-electron chi connectivity index (χ2n) is 10.5. The van der Waals surface area contributed by atoms with Gasteiger partial charge in [-0.25, -0.2) is 4.98 Å². The second-order valence-corrected chi connectivity index (χ2v) is 10.5. The Balaban J connectivity index is 1.34. The van der Waals surface area contributed by atoms with Crippen molar-refractivity contribution in [3.05, 3.63) is 55.0 Å². The number of amides is 1. The number of likely N-dealkylation sites (N-methyl/N-ethyl adjacent to an activating group) is 1. The number of pyridine rings is 2. The Morgan fingerprint density at radius 1 is 1.00 bits per heavy atom. The van der Waals surface area contributed by atoms with Crippen molar-refractivity contribution >= 4 is 39.2 Å². The largest absolute Gasteiger partial charge is 0.353 e. The fourth-order valence-electron chi connectivity index (χ4n) is 5.08. The Labute approximate surface area is 221 Å². The molecule has 4 aromatic heterocycles. The number of hydrogen-bond acceptors (Lipinski definition) is 6. The van der Waals surface area contributed by atoms with Crippen molar-refractivity contribution in [2.24, 2.45) is 5.92 Å². The van der Waals surface area contributed by atoms with E-state index in [1.807, 2.05) is 50.5 Å². The van der Waals surface area contributed by atoms with Crippen LogP contribution in [0, 0.1) is 5.92 Å². The molecule has 0 radical (unpaired) electrons. The number of nitrogens with zero attached hydrogens (tertiary/aromatic N) is 5. The molecule has 5 heterocycles. The minimum absolute atomic E-state index is 0.00392. The fourth-order valence-corrected chi connectivity index (χ4v) is 5.08. The highest BCUT2D eigenvalue weighted by Crippen LogP contribution is 2.34. The summed E-state index contributed by atoms with van der Waals surface area (Å²) in [6, 6.07) is 12.3. The Bertz CT molecular complexity index is 1610. The third-order valence-electron chi connectivity index (χ3n) is 7.10. The van der Waals surface area contributed by atoms with E-state index in [1.54, 1.807) is 6.20 Å². The van der Waals surface area contributed by atoms with Crippen LogP contribution >= 0.6 is 0 Å². The second kappa shape index (κ2) is 9.90. The fraction of sp³-hybridized carbons (Fsp3) is 0.310. The first-order valence-corrected chi connectivity index (χ1v) is 13.1. The van der Waals surface area contributed by atoms with Crippen LogP contribution in [0.15, 0.2) is 55.0 Å². The molecule has 0 unspecified atom stereocenters. The first kappa shape index (κ1) is 24.1. The molecular weight excluding hydrogens is 476 g/mol. The summed E-state index contributed by atoms with van der Waals surface area (Å²) in [5.74, 6) is 1.31. The molecule has 0 spiro atoms. The Hall–Kier alpha value is -4.24. The summed E-state index contributed by atoms with van der Waals surface area (Å²) in [7, 11) is 2.16. The predicted molar refractivity (Wildman–Crippen MR) is 152 cm³/mol. The topological polar surface area (TPSA) is 106 Å². The molecular formula is C29H32N8O. The van der Waals surface area contributed by atoms with E-state index in [-0.39, 0.29) is 5.91 Å². The van der Waals surface area contributed by atoms with Gasteiger partial charge in [0.25, 0.3) is 0 Å². The number of carbonyl (C=O) groups excluding carboxylic acids is 1. The number of benzene rings is 1. The average Bonchev–Trinajstić information content (AvgIpc) is 3.52. The predicted octanol–water partition coefficient (Wildman–Crippen LogP) is 4.90. The van der Waals surface area contributed by atoms with Gasteiger partial charge in [-0.2, -0.15) is 5.10 Å². The standard InChI is InChI=1S/C29H32N8O/c1-18(2)12-27(38)32-21-13-20(16-30-17-21)19-4-5-25-22(14-19)28(35-34-25)26-15-23-24(33-26)6-7-31-29(23)37-10-8-36(3)9-11-37/h4-7,13-18,33H,8-12H2,1-3H3,(H,32,38)(H,34,35). The van der Waals surface area contributed by atoms with Crippen molar-refractivity contribution < 1.29 is 4.79 Å². The van der Waals surface area contributed by atoms with Gasteiger partial charge in [-0.3, -0.25) is 14.9 Å². The number of hydrogen-bond donors (Lipinski definition) is 3. The van der Waals surface area contributed by atoms with Crippen molar-refractivity contribution in [1.82, 2.24) is 30.0 Å². The molecule has 0 atom stereocenters. The van der Waals surface area contributed by atoms with Crippen LogP contribution in [0.25, 0.3) is 44.3 Å². The maximum Gasteiger partial charge on any atom is 0.224 e. The van der Waals surface area contributed by atoms with Crippen LogP contribution in [0.2, 0.25) is 0 Å². The SMILES string of the molecule is CC(C)CC(=O)Nc1cncc(-c2ccc3[nH]nc(-c4cc5c(N6CCN(C)CC6)nccc5[nH]4)c3c2)c1. The Morgan fingerprint density at radius 3 is 2.66 bits per heavy atom. The van der Waals surface area contributed by atoms with Crippen LogP contribution in [-0.2, 0) is 4.79 Å². The number of aromatic amines is 2. The molecule has 9 nitrogen and oxygen atoms in total. The van der Waals surface area contributed by atoms with Gasteiger partial charge in [0.2, 0.25) is 5.91 Å². The van der Waals surface area contributed by atoms with Gasteiger partial charge in [-0.15, -0.1) is 0 Å². The summed E-state index contributed by atoms with van der Waals surface area (Å²) >= 11 is 0. The van der Waals surface area contributed by atoms with Crippen molar-refractivity contribution in [3.63, 3.8) is 0 Å². The first-order chi connectivity index (χ1) is 18.4. The maximum atomic E-state index is 12.3. The third kappa shape index (κ3) is 4.72. The van der Waals surface area contributed by atoms with Gasteiger partial charge in [0.15, 0.2) is 0 Å². The van der Waals surface area contributed by atoms with Crippen LogP contribution in [0.5, 0.6) is 0 Å². The molecule has 194 valence electrons. The number of H-pyrrole nitrogens is 2. The smallest absolute Gasteiger partial charge is 0.224 e. The van der Waals surface area contributed by atoms with Crippen molar-refractivity contribution in [2.45, 2.75) is 20.3 Å². The molecule has 0 saturated carbocycles. The van der Waals surface area contributed by atoms with E-state index in [2.05, 4.69) is 54.5 Å². The normalized spacial score (nSPS) is 14.6. The quantitative estimate of drug-likeness (QED) is 0.301. The highest BCUT2D eigenvalue weighted by Gasteiger charge is 2.20. The molecule has 0 aliphatic carbocycles. The molecule has 5 aromatic rings. The lowest BCUT2D eigenvalue weighted by Crippen LogP contribution is -2.44. The van der Waals surface area contributed by atoms with Gasteiger partial charge in [-0.1, -0.05) is 19.9 Å². The Kier molecular flexibility index (Phi) is 6.29. The summed E-state index contributed by atoms with van der Waals surface area (Å²) in [6.07, 6.45) is 5.85. The van der Waals surface area contributed by atoms with E-state index in [0.29, 0.717) is 18.0 Å². The van der Waals surface area contributed by atoms with Crippen LogP contribution in [0.3, 0.4) is 0 Å². The molecule has 6 rings (SSSR count). The molecule has 1 fully saturated rings. The highest BCUT2D eigenvalue weighted by atomic mass is 16.1. The lowest BCUT2D eigenvalue weighted by Gasteiger charge is -2.33. The molecule has 38 heavy (non-hydrogen) atoms. The number of rotatable bonds is 6. The van der Waals surface area contributed by atoms with Gasteiger partial charge < -0.3 is 20.1 Å². The molecule has 9 heteroatoms. The third-order valence-corrected chi connectivity index (χ3v) is 7.10. The van der Waals surface area contributed by atoms with Crippen molar-refractivity contribution in [3.8, 4) is 22.5 Å². The number of fused-ring (bicyclic) bond motifs is 2. The molecule has 1 amide bonds. The lowest BCUT2D eigenvalue weighted by atomic mass is 10.0. The van der Waals surface area contributed by atoms with E-state index in [0.717, 1.165) is 76.3 Å². The van der Waals surface area contributed by atoms with Crippen LogP contribution in [0.4, 0.5) is 11.5 Å². The van der Waals surface area contributed by atoms with Crippen LogP contribution in [0.1, 0.15) is 20.3 Å². The van der Waals surface area contributed by atoms with Gasteiger partial charge in [-0.05, 0) is 48.9 Å². The minimum atomic E-state index is -0.00392. The van der Waals surface area contributed by atoms with E-state index >= 15 is 0 Å². The van der Waals surface area contributed by atoms with E-state index in [1.165, 1.54) is 0 Å². The minimum Gasteiger partial charge on any atom is -0.353 e. The van der Waals surface area contributed by atoms with E-state index < -0.39 is 0 Å². The Morgan fingerprint density at radius 2 is 1.84 bits per heavy atom. The lowest BCUT2D eigenvalue weighted by molar-refractivity contribution is -0.116. The summed E-state index contributed by atoms with van der Waals surface area (Å²) in [5, 5.41) is 12.9. The molecule has 0 bridgehead atoms. The monoisotopic (exact) mass is 508 g/mol. The van der Waals surface area contributed by atoms with Crippen molar-refractivity contribution in [1.29, 1.82) is 0 Å². The molecule has 1 aliphatic heterocycles. The summed E-state index contributed by atoms with van der Waals surface area (Å²) in [5.41, 5.74) is 6.43. The first-order valence-electron chi connectivity index (χ1n) is 13.1. The summed E-state index contributed by atoms with van der Waals surface area (Å²) in [4.78, 5) is 29.6. The molecule has 3 N–H and O–H groups in total. The van der Waals surface area contributed by atoms with Crippen LogP contribution in [-0.4, -0.2) is 69.2 Å². The van der Waals surface area contributed by atoms with Gasteiger partial charge >= 0.3 is 0 Å². The van der Waals surface area contributed by atoms with E-state index in [9.17, 15) is 4.79 Å². The molecule has 1 saturated heterocycles. The molecule has 1 aliphatic rings. The number of piperazine rings is 1. The van der Waals surface area contributed by atoms with E-state index in [4.69, 9.17) is 4.98 Å². The zero-order valence-electron chi connectivity index (χ0n) is 22.0. The van der Waals surface area contributed by atoms with Gasteiger partial charge in [0.05, 0.1) is 28.6 Å². The summed E-state index contributed by atoms with van der Waals surface area (Å²) in [6.45, 7) is 8.04. The average molecular weight is 509 g/mol. The zero-order chi connectivity index (χ0) is 26.2. The number of anilines is 2. The van der Waals surface area contributed by atoms with Gasteiger partial charge in [0, 0.05) is 61.3 Å². The summed E-state index contributed by atoms with van der Waals surface area (Å²) < 4.78 is 0. The van der Waals surface area contributed by atoms with Crippen molar-refractivity contribution in [2.75, 3.05) is 43.4 Å².